The summed E-state index contributed by atoms with van der Waals surface area (Å²) < 4.78 is 28.8. The topological polar surface area (TPSA) is 72.6 Å². The number of hydrogen-bond acceptors (Lipinski definition) is 5. The van der Waals surface area contributed by atoms with Gasteiger partial charge in [-0.25, -0.2) is 8.42 Å². The van der Waals surface area contributed by atoms with E-state index >= 15 is 0 Å². The van der Waals surface area contributed by atoms with Crippen molar-refractivity contribution in [1.29, 1.82) is 0 Å². The lowest BCUT2D eigenvalue weighted by molar-refractivity contribution is 0.0305. The number of rotatable bonds is 2. The van der Waals surface area contributed by atoms with E-state index in [1.807, 2.05) is 0 Å². The highest BCUT2D eigenvalue weighted by atomic mass is 32.2. The Kier molecular flexibility index (Phi) is 2.94. The zero-order chi connectivity index (χ0) is 13.6. The molecular weight excluding hydrogens is 264 g/mol. The van der Waals surface area contributed by atoms with Gasteiger partial charge in [0.25, 0.3) is 0 Å². The highest BCUT2D eigenvalue weighted by Crippen LogP contribution is 2.33. The van der Waals surface area contributed by atoms with Crippen molar-refractivity contribution in [1.82, 2.24) is 0 Å². The minimum atomic E-state index is -3.21. The molecule has 1 aromatic rings. The number of nitrogens with zero attached hydrogens (tertiary/aromatic N) is 1. The molecule has 2 fully saturated rings. The third-order valence-corrected chi connectivity index (χ3v) is 4.92. The van der Waals surface area contributed by atoms with Crippen LogP contribution in [0.5, 0.6) is 0 Å². The highest BCUT2D eigenvalue weighted by Gasteiger charge is 2.34. The Morgan fingerprint density at radius 1 is 1.26 bits per heavy atom. The van der Waals surface area contributed by atoms with Crippen LogP contribution in [0.25, 0.3) is 0 Å². The van der Waals surface area contributed by atoms with Crippen molar-refractivity contribution < 1.29 is 13.2 Å². The molecule has 0 amide bonds. The minimum Gasteiger partial charge on any atom is -0.397 e. The quantitative estimate of drug-likeness (QED) is 0.821. The predicted molar refractivity (Wildman–Crippen MR) is 74.1 cm³/mol. The minimum absolute atomic E-state index is 0.269. The molecule has 2 bridgehead atoms. The van der Waals surface area contributed by atoms with E-state index in [1.54, 1.807) is 18.2 Å². The SMILES string of the molecule is CS(=O)(=O)c1ccc(N2CC3CCC(C2)O3)c(N)c1. The first-order valence-corrected chi connectivity index (χ1v) is 8.32. The van der Waals surface area contributed by atoms with Crippen molar-refractivity contribution in [3.63, 3.8) is 0 Å². The molecule has 3 rings (SSSR count). The molecule has 0 saturated carbocycles. The van der Waals surface area contributed by atoms with Gasteiger partial charge in [-0.1, -0.05) is 0 Å². The summed E-state index contributed by atoms with van der Waals surface area (Å²) in [5.74, 6) is 0. The average Bonchev–Trinajstić information content (AvgIpc) is 2.67. The fraction of sp³-hybridized carbons (Fsp3) is 0.538. The molecule has 0 radical (unpaired) electrons. The molecule has 0 spiro atoms. The molecule has 2 unspecified atom stereocenters. The number of sulfone groups is 1. The van der Waals surface area contributed by atoms with Crippen LogP contribution in [-0.2, 0) is 14.6 Å². The van der Waals surface area contributed by atoms with Gasteiger partial charge < -0.3 is 15.4 Å². The van der Waals surface area contributed by atoms with Crippen LogP contribution in [-0.4, -0.2) is 40.0 Å². The summed E-state index contributed by atoms with van der Waals surface area (Å²) in [6.45, 7) is 1.66. The van der Waals surface area contributed by atoms with Crippen molar-refractivity contribution in [3.8, 4) is 0 Å². The van der Waals surface area contributed by atoms with E-state index < -0.39 is 9.84 Å². The molecule has 19 heavy (non-hydrogen) atoms. The molecule has 2 N–H and O–H groups in total. The Labute approximate surface area is 113 Å². The number of morpholine rings is 1. The van der Waals surface area contributed by atoms with Gasteiger partial charge in [0.1, 0.15) is 0 Å². The monoisotopic (exact) mass is 282 g/mol. The van der Waals surface area contributed by atoms with Gasteiger partial charge in [-0.05, 0) is 31.0 Å². The molecule has 2 aliphatic heterocycles. The molecule has 2 aliphatic rings. The fourth-order valence-electron chi connectivity index (χ4n) is 2.86. The number of benzene rings is 1. The fourth-order valence-corrected chi connectivity index (χ4v) is 3.52. The van der Waals surface area contributed by atoms with Gasteiger partial charge in [0, 0.05) is 19.3 Å². The third kappa shape index (κ3) is 2.42. The largest absolute Gasteiger partial charge is 0.397 e. The molecule has 0 aromatic heterocycles. The van der Waals surface area contributed by atoms with Crippen LogP contribution in [0.3, 0.4) is 0 Å². The first-order chi connectivity index (χ1) is 8.93. The maximum absolute atomic E-state index is 11.5. The molecule has 2 saturated heterocycles. The van der Waals surface area contributed by atoms with E-state index in [0.29, 0.717) is 5.69 Å². The summed E-state index contributed by atoms with van der Waals surface area (Å²) in [4.78, 5) is 2.47. The lowest BCUT2D eigenvalue weighted by Crippen LogP contribution is -2.42. The second kappa shape index (κ2) is 4.38. The van der Waals surface area contributed by atoms with Crippen LogP contribution in [0.4, 0.5) is 11.4 Å². The highest BCUT2D eigenvalue weighted by molar-refractivity contribution is 7.90. The summed E-state index contributed by atoms with van der Waals surface area (Å²) in [7, 11) is -3.21. The maximum Gasteiger partial charge on any atom is 0.175 e. The van der Waals surface area contributed by atoms with E-state index in [9.17, 15) is 8.42 Å². The summed E-state index contributed by atoms with van der Waals surface area (Å²) in [6, 6.07) is 4.97. The Balaban J connectivity index is 1.90. The van der Waals surface area contributed by atoms with Crippen molar-refractivity contribution in [2.75, 3.05) is 30.0 Å². The zero-order valence-electron chi connectivity index (χ0n) is 10.9. The van der Waals surface area contributed by atoms with Gasteiger partial charge in [0.2, 0.25) is 0 Å². The Bertz CT molecular complexity index is 588. The maximum atomic E-state index is 11.5. The lowest BCUT2D eigenvalue weighted by atomic mass is 10.2. The molecule has 6 heteroatoms. The van der Waals surface area contributed by atoms with Crippen LogP contribution < -0.4 is 10.6 Å². The van der Waals surface area contributed by atoms with Gasteiger partial charge in [-0.3, -0.25) is 0 Å². The zero-order valence-corrected chi connectivity index (χ0v) is 11.7. The molecule has 5 nitrogen and oxygen atoms in total. The van der Waals surface area contributed by atoms with Crippen LogP contribution in [0.2, 0.25) is 0 Å². The molecule has 104 valence electrons. The Hall–Kier alpha value is -1.27. The van der Waals surface area contributed by atoms with Gasteiger partial charge in [0.05, 0.1) is 28.5 Å². The van der Waals surface area contributed by atoms with Crippen molar-refractivity contribution in [2.24, 2.45) is 0 Å². The lowest BCUT2D eigenvalue weighted by Gasteiger charge is -2.34. The van der Waals surface area contributed by atoms with Gasteiger partial charge in [0.15, 0.2) is 9.84 Å². The summed E-state index contributed by atoms with van der Waals surface area (Å²) in [5.41, 5.74) is 7.44. The van der Waals surface area contributed by atoms with Crippen LogP contribution in [0, 0.1) is 0 Å². The second-order valence-electron chi connectivity index (χ2n) is 5.36. The van der Waals surface area contributed by atoms with Gasteiger partial charge in [-0.15, -0.1) is 0 Å². The van der Waals surface area contributed by atoms with Crippen LogP contribution in [0.1, 0.15) is 12.8 Å². The van der Waals surface area contributed by atoms with Crippen molar-refractivity contribution in [2.45, 2.75) is 29.9 Å². The van der Waals surface area contributed by atoms with E-state index in [2.05, 4.69) is 4.90 Å². The third-order valence-electron chi connectivity index (χ3n) is 3.81. The van der Waals surface area contributed by atoms with Crippen molar-refractivity contribution >= 4 is 21.2 Å². The van der Waals surface area contributed by atoms with Crippen molar-refractivity contribution in [3.05, 3.63) is 18.2 Å². The van der Waals surface area contributed by atoms with Gasteiger partial charge in [-0.2, -0.15) is 0 Å². The van der Waals surface area contributed by atoms with E-state index in [0.717, 1.165) is 31.6 Å². The number of hydrogen-bond donors (Lipinski definition) is 1. The predicted octanol–water partition coefficient (Wildman–Crippen LogP) is 1.04. The number of nitrogens with two attached hydrogens (primary N) is 1. The van der Waals surface area contributed by atoms with Crippen LogP contribution >= 0.6 is 0 Å². The number of fused-ring (bicyclic) bond motifs is 2. The summed E-state index contributed by atoms with van der Waals surface area (Å²) in [5, 5.41) is 0. The second-order valence-corrected chi connectivity index (χ2v) is 7.37. The molecule has 0 aliphatic carbocycles. The van der Waals surface area contributed by atoms with E-state index in [-0.39, 0.29) is 17.1 Å². The first kappa shape index (κ1) is 12.7. The number of ether oxygens (including phenoxy) is 1. The Morgan fingerprint density at radius 3 is 2.42 bits per heavy atom. The van der Waals surface area contributed by atoms with E-state index in [1.165, 1.54) is 6.26 Å². The summed E-state index contributed by atoms with van der Waals surface area (Å²) in [6.07, 6.45) is 3.96. The molecule has 2 atom stereocenters. The van der Waals surface area contributed by atoms with Gasteiger partial charge >= 0.3 is 0 Å². The molecular formula is C13H18N2O3S. The molecule has 2 heterocycles. The number of anilines is 2. The number of nitrogen functional groups attached to an aromatic ring is 1. The normalized spacial score (nSPS) is 26.7. The van der Waals surface area contributed by atoms with Crippen LogP contribution in [0.15, 0.2) is 23.1 Å². The first-order valence-electron chi connectivity index (χ1n) is 6.43. The smallest absolute Gasteiger partial charge is 0.175 e. The standard InChI is InChI=1S/C13H18N2O3S/c1-19(16,17)11-4-5-13(12(14)6-11)15-7-9-2-3-10(8-15)18-9/h4-6,9-10H,2-3,7-8,14H2,1H3. The molecule has 1 aromatic carbocycles. The average molecular weight is 282 g/mol. The summed E-state index contributed by atoms with van der Waals surface area (Å²) >= 11 is 0. The van der Waals surface area contributed by atoms with E-state index in [4.69, 9.17) is 10.5 Å². The Morgan fingerprint density at radius 2 is 1.89 bits per heavy atom.